The van der Waals surface area contributed by atoms with Gasteiger partial charge in [0.15, 0.2) is 0 Å². The van der Waals surface area contributed by atoms with Gasteiger partial charge in [0, 0.05) is 26.1 Å². The zero-order valence-corrected chi connectivity index (χ0v) is 13.0. The number of halogens is 3. The number of rotatable bonds is 4. The van der Waals surface area contributed by atoms with Crippen molar-refractivity contribution in [2.45, 2.75) is 44.9 Å². The highest BCUT2D eigenvalue weighted by Crippen LogP contribution is 2.14. The van der Waals surface area contributed by atoms with Gasteiger partial charge in [-0.2, -0.15) is 13.2 Å². The summed E-state index contributed by atoms with van der Waals surface area (Å²) in [5, 5.41) is 6.27. The molecule has 10 heteroatoms. The first kappa shape index (κ1) is 19.2. The van der Waals surface area contributed by atoms with E-state index in [2.05, 4.69) is 5.32 Å². The fraction of sp³-hybridized carbons (Fsp3) is 0.769. The Bertz CT molecular complexity index is 448. The van der Waals surface area contributed by atoms with Gasteiger partial charge in [0.1, 0.15) is 6.54 Å². The molecule has 1 aliphatic heterocycles. The zero-order chi connectivity index (χ0) is 17.6. The molecular formula is C13H21F3N4O3. The molecule has 1 unspecified atom stereocenters. The van der Waals surface area contributed by atoms with Crippen molar-refractivity contribution in [2.24, 2.45) is 0 Å². The summed E-state index contributed by atoms with van der Waals surface area (Å²) in [5.74, 6) is -0.779. The number of hydrogen-bond donors (Lipinski definition) is 3. The lowest BCUT2D eigenvalue weighted by atomic mass is 10.0. The summed E-state index contributed by atoms with van der Waals surface area (Å²) in [6.45, 7) is 2.60. The van der Waals surface area contributed by atoms with Crippen molar-refractivity contribution >= 4 is 17.8 Å². The molecule has 7 nitrogen and oxygen atoms in total. The van der Waals surface area contributed by atoms with Gasteiger partial charge in [0.05, 0.1) is 6.04 Å². The van der Waals surface area contributed by atoms with E-state index in [1.165, 1.54) is 6.92 Å². The highest BCUT2D eigenvalue weighted by Gasteiger charge is 2.30. The third kappa shape index (κ3) is 7.31. The van der Waals surface area contributed by atoms with Crippen LogP contribution in [0.2, 0.25) is 0 Å². The van der Waals surface area contributed by atoms with Crippen LogP contribution in [0.5, 0.6) is 0 Å². The lowest BCUT2D eigenvalue weighted by molar-refractivity contribution is -0.127. The molecule has 0 radical (unpaired) electrons. The second-order valence-corrected chi connectivity index (χ2v) is 5.47. The molecule has 0 aromatic heterocycles. The number of nitrogens with one attached hydrogen (secondary N) is 3. The molecule has 1 saturated heterocycles. The van der Waals surface area contributed by atoms with Crippen LogP contribution in [-0.2, 0) is 9.59 Å². The van der Waals surface area contributed by atoms with E-state index in [9.17, 15) is 27.6 Å². The first-order valence-corrected chi connectivity index (χ1v) is 7.25. The molecule has 0 bridgehead atoms. The molecule has 0 aromatic rings. The Morgan fingerprint density at radius 2 is 1.78 bits per heavy atom. The van der Waals surface area contributed by atoms with Crippen molar-refractivity contribution in [1.82, 2.24) is 20.9 Å². The van der Waals surface area contributed by atoms with E-state index in [1.807, 2.05) is 10.2 Å². The van der Waals surface area contributed by atoms with E-state index in [0.29, 0.717) is 25.9 Å². The number of carbonyl (C=O) groups is 3. The maximum atomic E-state index is 12.0. The van der Waals surface area contributed by atoms with Gasteiger partial charge in [-0.1, -0.05) is 0 Å². The van der Waals surface area contributed by atoms with E-state index < -0.39 is 30.7 Å². The first-order valence-electron chi connectivity index (χ1n) is 7.25. The van der Waals surface area contributed by atoms with Crippen LogP contribution < -0.4 is 16.0 Å². The molecule has 1 fully saturated rings. The fourth-order valence-electron chi connectivity index (χ4n) is 2.33. The number of hydrogen-bond acceptors (Lipinski definition) is 4. The number of amides is 4. The number of carbonyl (C=O) groups excluding carboxylic acids is 3. The Balaban J connectivity index is 2.37. The monoisotopic (exact) mass is 338 g/mol. The molecule has 0 saturated carbocycles. The second kappa shape index (κ2) is 8.14. The Morgan fingerprint density at radius 3 is 2.26 bits per heavy atom. The number of alkyl halides is 3. The number of piperidine rings is 1. The summed E-state index contributed by atoms with van der Waals surface area (Å²) in [4.78, 5) is 35.9. The smallest absolute Gasteiger partial charge is 0.354 e. The van der Waals surface area contributed by atoms with Crippen LogP contribution >= 0.6 is 0 Å². The van der Waals surface area contributed by atoms with Gasteiger partial charge in [0.2, 0.25) is 11.8 Å². The molecule has 0 aliphatic carbocycles. The maximum Gasteiger partial charge on any atom is 0.405 e. The lowest BCUT2D eigenvalue weighted by Gasteiger charge is -2.35. The molecule has 4 amide bonds. The predicted molar refractivity (Wildman–Crippen MR) is 75.5 cm³/mol. The maximum absolute atomic E-state index is 12.0. The van der Waals surface area contributed by atoms with Gasteiger partial charge in [0.25, 0.3) is 0 Å². The minimum absolute atomic E-state index is 0.0501. The Kier molecular flexibility index (Phi) is 6.79. The highest BCUT2D eigenvalue weighted by molar-refractivity contribution is 5.96. The Morgan fingerprint density at radius 1 is 1.22 bits per heavy atom. The quantitative estimate of drug-likeness (QED) is 0.690. The van der Waals surface area contributed by atoms with E-state index >= 15 is 0 Å². The largest absolute Gasteiger partial charge is 0.405 e. The first-order chi connectivity index (χ1) is 10.6. The Hall–Kier alpha value is -1.84. The van der Waals surface area contributed by atoms with E-state index in [-0.39, 0.29) is 11.9 Å². The third-order valence-electron chi connectivity index (χ3n) is 3.55. The molecule has 23 heavy (non-hydrogen) atoms. The number of likely N-dealkylation sites (tertiary alicyclic amines) is 1. The van der Waals surface area contributed by atoms with Crippen LogP contribution in [0.4, 0.5) is 18.0 Å². The lowest BCUT2D eigenvalue weighted by Crippen LogP contribution is -2.54. The number of imide groups is 1. The molecule has 132 valence electrons. The van der Waals surface area contributed by atoms with Gasteiger partial charge in [-0.25, -0.2) is 4.79 Å². The molecule has 3 N–H and O–H groups in total. The molecular weight excluding hydrogens is 317 g/mol. The van der Waals surface area contributed by atoms with E-state index in [1.54, 1.807) is 12.2 Å². The summed E-state index contributed by atoms with van der Waals surface area (Å²) in [6.07, 6.45) is -3.20. The SMILES string of the molecule is CC(=O)NC1CCN(C(C)C(=O)NC(=O)NCC(F)(F)F)CC1. The van der Waals surface area contributed by atoms with Crippen molar-refractivity contribution in [1.29, 1.82) is 0 Å². The van der Waals surface area contributed by atoms with Gasteiger partial charge < -0.3 is 10.6 Å². The van der Waals surface area contributed by atoms with Crippen LogP contribution in [0.25, 0.3) is 0 Å². The van der Waals surface area contributed by atoms with Crippen molar-refractivity contribution in [3.05, 3.63) is 0 Å². The average Bonchev–Trinajstić information content (AvgIpc) is 2.44. The summed E-state index contributed by atoms with van der Waals surface area (Å²) in [5.41, 5.74) is 0. The van der Waals surface area contributed by atoms with Gasteiger partial charge in [-0.05, 0) is 19.8 Å². The molecule has 1 atom stereocenters. The van der Waals surface area contributed by atoms with Gasteiger partial charge in [-0.3, -0.25) is 19.8 Å². The molecule has 1 aliphatic rings. The number of urea groups is 1. The van der Waals surface area contributed by atoms with E-state index in [4.69, 9.17) is 0 Å². The third-order valence-corrected chi connectivity index (χ3v) is 3.55. The van der Waals surface area contributed by atoms with Crippen LogP contribution in [0.15, 0.2) is 0 Å². The topological polar surface area (TPSA) is 90.5 Å². The molecule has 1 rings (SSSR count). The highest BCUT2D eigenvalue weighted by atomic mass is 19.4. The summed E-state index contributed by atoms with van der Waals surface area (Å²) < 4.78 is 35.9. The fourth-order valence-corrected chi connectivity index (χ4v) is 2.33. The molecule has 0 spiro atoms. The van der Waals surface area contributed by atoms with Crippen LogP contribution in [0.3, 0.4) is 0 Å². The minimum Gasteiger partial charge on any atom is -0.354 e. The van der Waals surface area contributed by atoms with Crippen molar-refractivity contribution in [3.8, 4) is 0 Å². The van der Waals surface area contributed by atoms with Crippen LogP contribution in [0, 0.1) is 0 Å². The number of nitrogens with zero attached hydrogens (tertiary/aromatic N) is 1. The van der Waals surface area contributed by atoms with Gasteiger partial charge in [-0.15, -0.1) is 0 Å². The summed E-state index contributed by atoms with van der Waals surface area (Å²) in [6, 6.07) is -1.77. The summed E-state index contributed by atoms with van der Waals surface area (Å²) in [7, 11) is 0. The predicted octanol–water partition coefficient (Wildman–Crippen LogP) is 0.363. The standard InChI is InChI=1S/C13H21F3N4O3/c1-8(11(22)19-12(23)17-7-13(14,15)16)20-5-3-10(4-6-20)18-9(2)21/h8,10H,3-7H2,1-2H3,(H,18,21)(H2,17,19,22,23). The van der Waals surface area contributed by atoms with Crippen molar-refractivity contribution in [3.63, 3.8) is 0 Å². The van der Waals surface area contributed by atoms with Crippen LogP contribution in [-0.4, -0.2) is 60.6 Å². The second-order valence-electron chi connectivity index (χ2n) is 5.47. The molecule has 1 heterocycles. The molecule has 0 aromatic carbocycles. The zero-order valence-electron chi connectivity index (χ0n) is 13.0. The Labute approximate surface area is 132 Å². The van der Waals surface area contributed by atoms with Gasteiger partial charge >= 0.3 is 12.2 Å². The normalized spacial score (nSPS) is 18.1. The van der Waals surface area contributed by atoms with E-state index in [0.717, 1.165) is 0 Å². The average molecular weight is 338 g/mol. The van der Waals surface area contributed by atoms with Crippen molar-refractivity contribution < 1.29 is 27.6 Å². The summed E-state index contributed by atoms with van der Waals surface area (Å²) >= 11 is 0. The minimum atomic E-state index is -4.53. The van der Waals surface area contributed by atoms with Crippen molar-refractivity contribution in [2.75, 3.05) is 19.6 Å². The van der Waals surface area contributed by atoms with Crippen LogP contribution in [0.1, 0.15) is 26.7 Å².